The maximum Gasteiger partial charge on any atom is 0.0113 e. The molecular weight excluding hydrogens is 222 g/mol. The quantitative estimate of drug-likeness (QED) is 0.824. The lowest BCUT2D eigenvalue weighted by Gasteiger charge is -2.43. The van der Waals surface area contributed by atoms with Gasteiger partial charge in [-0.1, -0.05) is 6.92 Å². The Kier molecular flexibility index (Phi) is 5.05. The van der Waals surface area contributed by atoms with Crippen LogP contribution in [0.25, 0.3) is 0 Å². The van der Waals surface area contributed by atoms with Crippen LogP contribution in [0.2, 0.25) is 0 Å². The highest BCUT2D eigenvalue weighted by Crippen LogP contribution is 2.34. The van der Waals surface area contributed by atoms with Gasteiger partial charge in [0, 0.05) is 12.6 Å². The molecule has 0 radical (unpaired) electrons. The van der Waals surface area contributed by atoms with Crippen molar-refractivity contribution in [3.63, 3.8) is 0 Å². The molecule has 3 heteroatoms. The zero-order valence-electron chi connectivity index (χ0n) is 12.5. The van der Waals surface area contributed by atoms with E-state index < -0.39 is 0 Å². The van der Waals surface area contributed by atoms with Crippen molar-refractivity contribution in [2.75, 3.05) is 46.8 Å². The van der Waals surface area contributed by atoms with Crippen molar-refractivity contribution >= 4 is 0 Å². The first-order valence-corrected chi connectivity index (χ1v) is 7.75. The van der Waals surface area contributed by atoms with Crippen molar-refractivity contribution in [2.24, 2.45) is 5.41 Å². The lowest BCUT2D eigenvalue weighted by atomic mass is 9.76. The maximum absolute atomic E-state index is 3.51. The van der Waals surface area contributed by atoms with E-state index in [2.05, 4.69) is 36.1 Å². The van der Waals surface area contributed by atoms with Gasteiger partial charge in [-0.15, -0.1) is 0 Å². The highest BCUT2D eigenvalue weighted by Gasteiger charge is 2.33. The molecule has 0 spiro atoms. The van der Waals surface area contributed by atoms with Crippen molar-refractivity contribution in [1.82, 2.24) is 15.1 Å². The molecule has 0 bridgehead atoms. The van der Waals surface area contributed by atoms with Crippen molar-refractivity contribution in [3.8, 4) is 0 Å². The molecule has 2 rings (SSSR count). The molecule has 2 aliphatic heterocycles. The Hall–Kier alpha value is -0.120. The van der Waals surface area contributed by atoms with Gasteiger partial charge in [0.1, 0.15) is 0 Å². The molecule has 0 aromatic carbocycles. The van der Waals surface area contributed by atoms with Crippen molar-refractivity contribution in [2.45, 2.75) is 45.1 Å². The first-order valence-electron chi connectivity index (χ1n) is 7.75. The van der Waals surface area contributed by atoms with Crippen LogP contribution < -0.4 is 5.32 Å². The monoisotopic (exact) mass is 253 g/mol. The number of hydrogen-bond acceptors (Lipinski definition) is 3. The van der Waals surface area contributed by atoms with Crippen LogP contribution in [0.1, 0.15) is 39.0 Å². The van der Waals surface area contributed by atoms with E-state index in [9.17, 15) is 0 Å². The van der Waals surface area contributed by atoms with Gasteiger partial charge in [-0.05, 0) is 77.8 Å². The van der Waals surface area contributed by atoms with E-state index >= 15 is 0 Å². The summed E-state index contributed by atoms with van der Waals surface area (Å²) in [4.78, 5) is 5.13. The van der Waals surface area contributed by atoms with E-state index in [0.717, 1.165) is 6.04 Å². The summed E-state index contributed by atoms with van der Waals surface area (Å²) in [6.07, 6.45) is 6.80. The van der Waals surface area contributed by atoms with Crippen LogP contribution in [0.15, 0.2) is 0 Å². The van der Waals surface area contributed by atoms with Crippen molar-refractivity contribution in [1.29, 1.82) is 0 Å². The van der Waals surface area contributed by atoms with Gasteiger partial charge in [0.15, 0.2) is 0 Å². The van der Waals surface area contributed by atoms with Gasteiger partial charge in [-0.2, -0.15) is 0 Å². The standard InChI is InChI=1S/C15H31N3/c1-4-15(7-9-16-10-8-15)13-18-11-5-14(6-12-18)17(2)3/h14,16H,4-13H2,1-3H3. The Morgan fingerprint density at radius 2 is 1.78 bits per heavy atom. The second-order valence-electron chi connectivity index (χ2n) is 6.57. The Morgan fingerprint density at radius 3 is 2.28 bits per heavy atom. The molecule has 1 N–H and O–H groups in total. The first kappa shape index (κ1) is 14.3. The third-order valence-corrected chi connectivity index (χ3v) is 5.26. The number of likely N-dealkylation sites (tertiary alicyclic amines) is 1. The second kappa shape index (κ2) is 6.36. The third kappa shape index (κ3) is 3.46. The van der Waals surface area contributed by atoms with Gasteiger partial charge in [-0.25, -0.2) is 0 Å². The summed E-state index contributed by atoms with van der Waals surface area (Å²) in [6.45, 7) is 8.78. The minimum Gasteiger partial charge on any atom is -0.317 e. The lowest BCUT2D eigenvalue weighted by Crippen LogP contribution is -2.48. The minimum atomic E-state index is 0.607. The number of hydrogen-bond donors (Lipinski definition) is 1. The summed E-state index contributed by atoms with van der Waals surface area (Å²) < 4.78 is 0. The largest absolute Gasteiger partial charge is 0.317 e. The average molecular weight is 253 g/mol. The van der Waals surface area contributed by atoms with Gasteiger partial charge < -0.3 is 15.1 Å². The Bertz CT molecular complexity index is 238. The van der Waals surface area contributed by atoms with Crippen LogP contribution in [0.4, 0.5) is 0 Å². The van der Waals surface area contributed by atoms with Crippen LogP contribution in [-0.4, -0.2) is 62.7 Å². The fourth-order valence-corrected chi connectivity index (χ4v) is 3.65. The molecule has 0 atom stereocenters. The maximum atomic E-state index is 3.51. The lowest BCUT2D eigenvalue weighted by molar-refractivity contribution is 0.0714. The van der Waals surface area contributed by atoms with Crippen LogP contribution in [-0.2, 0) is 0 Å². The van der Waals surface area contributed by atoms with Crippen LogP contribution in [0, 0.1) is 5.41 Å². The van der Waals surface area contributed by atoms with Crippen LogP contribution in [0.5, 0.6) is 0 Å². The first-order chi connectivity index (χ1) is 8.65. The number of piperidine rings is 2. The Morgan fingerprint density at radius 1 is 1.17 bits per heavy atom. The summed E-state index contributed by atoms with van der Waals surface area (Å²) in [5, 5.41) is 3.51. The molecule has 2 heterocycles. The molecule has 0 amide bonds. The fraction of sp³-hybridized carbons (Fsp3) is 1.00. The zero-order valence-corrected chi connectivity index (χ0v) is 12.5. The molecule has 2 aliphatic rings. The predicted molar refractivity (Wildman–Crippen MR) is 78.0 cm³/mol. The number of nitrogens with one attached hydrogen (secondary N) is 1. The second-order valence-corrected chi connectivity index (χ2v) is 6.57. The Balaban J connectivity index is 1.82. The molecule has 0 unspecified atom stereocenters. The van der Waals surface area contributed by atoms with Crippen LogP contribution in [0.3, 0.4) is 0 Å². The smallest absolute Gasteiger partial charge is 0.0113 e. The molecule has 2 saturated heterocycles. The summed E-state index contributed by atoms with van der Waals surface area (Å²) in [5.41, 5.74) is 0.607. The van der Waals surface area contributed by atoms with Crippen molar-refractivity contribution < 1.29 is 0 Å². The number of rotatable bonds is 4. The normalized spacial score (nSPS) is 26.7. The summed E-state index contributed by atoms with van der Waals surface area (Å²) >= 11 is 0. The average Bonchev–Trinajstić information content (AvgIpc) is 2.40. The van der Waals surface area contributed by atoms with E-state index in [-0.39, 0.29) is 0 Å². The third-order valence-electron chi connectivity index (χ3n) is 5.26. The van der Waals surface area contributed by atoms with E-state index in [0.29, 0.717) is 5.41 Å². The van der Waals surface area contributed by atoms with Gasteiger partial charge in [-0.3, -0.25) is 0 Å². The SMILES string of the molecule is CCC1(CN2CCC(N(C)C)CC2)CCNCC1. The molecule has 106 valence electrons. The molecule has 0 saturated carbocycles. The van der Waals surface area contributed by atoms with E-state index in [1.807, 2.05) is 0 Å². The van der Waals surface area contributed by atoms with Crippen molar-refractivity contribution in [3.05, 3.63) is 0 Å². The Labute approximate surface area is 113 Å². The van der Waals surface area contributed by atoms with Gasteiger partial charge in [0.2, 0.25) is 0 Å². The van der Waals surface area contributed by atoms with Gasteiger partial charge in [0.25, 0.3) is 0 Å². The zero-order chi connectivity index (χ0) is 13.0. The molecule has 0 aromatic heterocycles. The van der Waals surface area contributed by atoms with Gasteiger partial charge in [0.05, 0.1) is 0 Å². The number of nitrogens with zero attached hydrogens (tertiary/aromatic N) is 2. The predicted octanol–water partition coefficient (Wildman–Crippen LogP) is 1.79. The highest BCUT2D eigenvalue weighted by molar-refractivity contribution is 4.88. The molecule has 0 aliphatic carbocycles. The van der Waals surface area contributed by atoms with E-state index in [4.69, 9.17) is 0 Å². The highest BCUT2D eigenvalue weighted by atomic mass is 15.2. The van der Waals surface area contributed by atoms with Crippen LogP contribution >= 0.6 is 0 Å². The molecule has 18 heavy (non-hydrogen) atoms. The van der Waals surface area contributed by atoms with Gasteiger partial charge >= 0.3 is 0 Å². The molecule has 3 nitrogen and oxygen atoms in total. The molecule has 2 fully saturated rings. The summed E-state index contributed by atoms with van der Waals surface area (Å²) in [6, 6.07) is 0.812. The van der Waals surface area contributed by atoms with E-state index in [1.165, 1.54) is 64.8 Å². The fourth-order valence-electron chi connectivity index (χ4n) is 3.65. The summed E-state index contributed by atoms with van der Waals surface area (Å²) in [5.74, 6) is 0. The molecule has 0 aromatic rings. The molecular formula is C15H31N3. The van der Waals surface area contributed by atoms with E-state index in [1.54, 1.807) is 0 Å². The summed E-state index contributed by atoms with van der Waals surface area (Å²) in [7, 11) is 4.45. The minimum absolute atomic E-state index is 0.607. The topological polar surface area (TPSA) is 18.5 Å².